The minimum atomic E-state index is -3.43. The fraction of sp³-hybridized carbons (Fsp3) is 0.600. The highest BCUT2D eigenvalue weighted by molar-refractivity contribution is 7.89. The van der Waals surface area contributed by atoms with Gasteiger partial charge in [0.25, 0.3) is 0 Å². The van der Waals surface area contributed by atoms with E-state index in [2.05, 4.69) is 0 Å². The summed E-state index contributed by atoms with van der Waals surface area (Å²) < 4.78 is 27.2. The van der Waals surface area contributed by atoms with E-state index < -0.39 is 10.0 Å². The van der Waals surface area contributed by atoms with E-state index in [1.54, 1.807) is 16.4 Å². The first-order valence-electron chi connectivity index (χ1n) is 7.25. The van der Waals surface area contributed by atoms with Gasteiger partial charge in [0.2, 0.25) is 10.0 Å². The Morgan fingerprint density at radius 1 is 1.20 bits per heavy atom. The maximum absolute atomic E-state index is 12.8. The largest absolute Gasteiger partial charge is 0.393 e. The molecule has 3 rings (SSSR count). The van der Waals surface area contributed by atoms with Crippen LogP contribution in [0.4, 0.5) is 0 Å². The summed E-state index contributed by atoms with van der Waals surface area (Å²) in [6, 6.07) is 7.00. The van der Waals surface area contributed by atoms with Gasteiger partial charge in [-0.15, -0.1) is 0 Å². The Morgan fingerprint density at radius 3 is 2.60 bits per heavy atom. The first-order valence-corrected chi connectivity index (χ1v) is 8.69. The number of benzene rings is 1. The number of aliphatic hydroxyl groups excluding tert-OH is 1. The molecule has 0 spiro atoms. The van der Waals surface area contributed by atoms with E-state index in [0.29, 0.717) is 23.8 Å². The van der Waals surface area contributed by atoms with Crippen LogP contribution in [0.2, 0.25) is 0 Å². The molecule has 5 heteroatoms. The Morgan fingerprint density at radius 2 is 1.90 bits per heavy atom. The molecule has 1 aromatic carbocycles. The first-order chi connectivity index (χ1) is 9.48. The Hall–Kier alpha value is -0.910. The van der Waals surface area contributed by atoms with Crippen LogP contribution in [0.25, 0.3) is 0 Å². The first kappa shape index (κ1) is 14.0. The van der Waals surface area contributed by atoms with E-state index in [-0.39, 0.29) is 12.1 Å². The van der Waals surface area contributed by atoms with Crippen molar-refractivity contribution in [1.82, 2.24) is 4.31 Å². The zero-order valence-electron chi connectivity index (χ0n) is 11.7. The smallest absolute Gasteiger partial charge is 0.243 e. The van der Waals surface area contributed by atoms with Gasteiger partial charge in [0.05, 0.1) is 11.0 Å². The zero-order chi connectivity index (χ0) is 14.3. The molecule has 1 saturated carbocycles. The van der Waals surface area contributed by atoms with Crippen LogP contribution in [0.15, 0.2) is 29.2 Å². The number of rotatable bonds is 2. The molecule has 3 atom stereocenters. The van der Waals surface area contributed by atoms with Crippen molar-refractivity contribution < 1.29 is 13.5 Å². The number of nitrogens with zero attached hydrogens (tertiary/aromatic N) is 1. The molecule has 1 unspecified atom stereocenters. The fourth-order valence-corrected chi connectivity index (χ4v) is 5.29. The maximum atomic E-state index is 12.8. The van der Waals surface area contributed by atoms with Crippen molar-refractivity contribution in [2.75, 3.05) is 6.54 Å². The van der Waals surface area contributed by atoms with Gasteiger partial charge in [-0.05, 0) is 50.7 Å². The van der Waals surface area contributed by atoms with Crippen LogP contribution in [0.5, 0.6) is 0 Å². The lowest BCUT2D eigenvalue weighted by molar-refractivity contribution is 0.173. The van der Waals surface area contributed by atoms with Gasteiger partial charge >= 0.3 is 0 Å². The molecule has 2 fully saturated rings. The summed E-state index contributed by atoms with van der Waals surface area (Å²) in [6.07, 6.45) is 2.89. The molecule has 1 N–H and O–H groups in total. The van der Waals surface area contributed by atoms with E-state index in [1.807, 2.05) is 19.1 Å². The van der Waals surface area contributed by atoms with E-state index in [1.165, 1.54) is 0 Å². The molecule has 1 aliphatic carbocycles. The van der Waals surface area contributed by atoms with Crippen LogP contribution in [0.3, 0.4) is 0 Å². The second-order valence-corrected chi connectivity index (χ2v) is 7.91. The summed E-state index contributed by atoms with van der Waals surface area (Å²) in [4.78, 5) is 0.366. The molecule has 0 bridgehead atoms. The summed E-state index contributed by atoms with van der Waals surface area (Å²) in [7, 11) is -3.43. The van der Waals surface area contributed by atoms with Gasteiger partial charge in [-0.2, -0.15) is 4.31 Å². The van der Waals surface area contributed by atoms with Gasteiger partial charge in [0.1, 0.15) is 0 Å². The average molecular weight is 295 g/mol. The fourth-order valence-electron chi connectivity index (χ4n) is 3.56. The quantitative estimate of drug-likeness (QED) is 0.907. The lowest BCUT2D eigenvalue weighted by Crippen LogP contribution is -2.46. The van der Waals surface area contributed by atoms with Crippen LogP contribution in [0.1, 0.15) is 31.2 Å². The second-order valence-electron chi connectivity index (χ2n) is 6.02. The van der Waals surface area contributed by atoms with Crippen molar-refractivity contribution in [3.05, 3.63) is 29.8 Å². The number of fused-ring (bicyclic) bond motifs is 1. The van der Waals surface area contributed by atoms with E-state index in [9.17, 15) is 13.5 Å². The molecule has 4 nitrogen and oxygen atoms in total. The Kier molecular flexibility index (Phi) is 3.60. The minimum Gasteiger partial charge on any atom is -0.393 e. The standard InChI is InChI=1S/C15H21NO3S/c1-11-4-6-14(7-5-11)20(18,19)16-8-2-3-12-9-13(17)10-15(12)16/h4-7,12-13,15,17H,2-3,8-10H2,1H3/t12-,13?,15+/m1/s1. The van der Waals surface area contributed by atoms with E-state index in [4.69, 9.17) is 0 Å². The number of aryl methyl sites for hydroxylation is 1. The van der Waals surface area contributed by atoms with Crippen LogP contribution in [0, 0.1) is 12.8 Å². The van der Waals surface area contributed by atoms with Gasteiger partial charge < -0.3 is 5.11 Å². The van der Waals surface area contributed by atoms with Crippen molar-refractivity contribution in [3.63, 3.8) is 0 Å². The zero-order valence-corrected chi connectivity index (χ0v) is 12.5. The van der Waals surface area contributed by atoms with Gasteiger partial charge in [-0.1, -0.05) is 17.7 Å². The van der Waals surface area contributed by atoms with Crippen molar-refractivity contribution >= 4 is 10.0 Å². The molecule has 110 valence electrons. The third kappa shape index (κ3) is 2.38. The van der Waals surface area contributed by atoms with E-state index in [0.717, 1.165) is 24.8 Å². The Bertz CT molecular complexity index is 582. The predicted octanol–water partition coefficient (Wildman–Crippen LogP) is 1.92. The van der Waals surface area contributed by atoms with Crippen LogP contribution in [-0.2, 0) is 10.0 Å². The van der Waals surface area contributed by atoms with Crippen molar-refractivity contribution in [1.29, 1.82) is 0 Å². The molecule has 2 aliphatic rings. The number of sulfonamides is 1. The van der Waals surface area contributed by atoms with Gasteiger partial charge in [-0.3, -0.25) is 0 Å². The molecule has 0 radical (unpaired) electrons. The summed E-state index contributed by atoms with van der Waals surface area (Å²) in [5.41, 5.74) is 1.05. The topological polar surface area (TPSA) is 57.6 Å². The highest BCUT2D eigenvalue weighted by Gasteiger charge is 2.44. The number of aliphatic hydroxyl groups is 1. The molecular formula is C15H21NO3S. The lowest BCUT2D eigenvalue weighted by atomic mass is 9.94. The third-order valence-electron chi connectivity index (χ3n) is 4.58. The van der Waals surface area contributed by atoms with Crippen molar-refractivity contribution in [2.45, 2.75) is 49.6 Å². The highest BCUT2D eigenvalue weighted by atomic mass is 32.2. The summed E-state index contributed by atoms with van der Waals surface area (Å²) in [5.74, 6) is 0.318. The minimum absolute atomic E-state index is 0.0231. The number of piperidine rings is 1. The molecular weight excluding hydrogens is 274 g/mol. The van der Waals surface area contributed by atoms with Gasteiger partial charge in [0.15, 0.2) is 0 Å². The SMILES string of the molecule is Cc1ccc(S(=O)(=O)N2CCC[C@@H]3CC(O)C[C@@H]32)cc1. The van der Waals surface area contributed by atoms with Crippen LogP contribution in [-0.4, -0.2) is 36.5 Å². The van der Waals surface area contributed by atoms with Crippen LogP contribution >= 0.6 is 0 Å². The second kappa shape index (κ2) is 5.13. The summed E-state index contributed by atoms with van der Waals surface area (Å²) in [6.45, 7) is 2.52. The Balaban J connectivity index is 1.92. The predicted molar refractivity (Wildman–Crippen MR) is 76.8 cm³/mol. The van der Waals surface area contributed by atoms with Gasteiger partial charge in [0, 0.05) is 12.6 Å². The molecule has 1 aromatic rings. The lowest BCUT2D eigenvalue weighted by Gasteiger charge is -2.36. The summed E-state index contributed by atoms with van der Waals surface area (Å²) >= 11 is 0. The Labute approximate surface area is 120 Å². The molecule has 1 aliphatic heterocycles. The maximum Gasteiger partial charge on any atom is 0.243 e. The molecule has 1 saturated heterocycles. The normalized spacial score (nSPS) is 31.2. The molecule has 0 amide bonds. The number of hydrogen-bond donors (Lipinski definition) is 1. The number of hydrogen-bond acceptors (Lipinski definition) is 3. The summed E-state index contributed by atoms with van der Waals surface area (Å²) in [5, 5.41) is 9.83. The third-order valence-corrected chi connectivity index (χ3v) is 6.52. The molecule has 20 heavy (non-hydrogen) atoms. The van der Waals surface area contributed by atoms with Crippen molar-refractivity contribution in [3.8, 4) is 0 Å². The average Bonchev–Trinajstić information content (AvgIpc) is 2.78. The van der Waals surface area contributed by atoms with Gasteiger partial charge in [-0.25, -0.2) is 8.42 Å². The highest BCUT2D eigenvalue weighted by Crippen LogP contribution is 2.39. The monoisotopic (exact) mass is 295 g/mol. The molecule has 0 aromatic heterocycles. The van der Waals surface area contributed by atoms with E-state index >= 15 is 0 Å². The molecule has 1 heterocycles. The van der Waals surface area contributed by atoms with Crippen LogP contribution < -0.4 is 0 Å². The van der Waals surface area contributed by atoms with Crippen molar-refractivity contribution in [2.24, 2.45) is 5.92 Å².